The molecule has 2 aromatic rings. The molecule has 0 aliphatic heterocycles. The number of hydrogen-bond acceptors (Lipinski definition) is 3. The molecule has 0 amide bonds. The van der Waals surface area contributed by atoms with Crippen LogP contribution in [0, 0.1) is 19.3 Å². The number of nitrogens with one attached hydrogen (secondary N) is 1. The first-order chi connectivity index (χ1) is 10.9. The molecule has 0 aromatic heterocycles. The molecule has 5 heteroatoms. The van der Waals surface area contributed by atoms with E-state index in [1.807, 2.05) is 32.0 Å². The molecule has 2 aromatic carbocycles. The Labute approximate surface area is 135 Å². The Morgan fingerprint density at radius 1 is 1.26 bits per heavy atom. The zero-order chi connectivity index (χ0) is 17.0. The second-order valence-electron chi connectivity index (χ2n) is 5.08. The third kappa shape index (κ3) is 3.58. The van der Waals surface area contributed by atoms with E-state index in [0.29, 0.717) is 5.75 Å². The maximum Gasteiger partial charge on any atom is 0.158 e. The smallest absolute Gasteiger partial charge is 0.158 e. The molecule has 4 N–H and O–H groups in total. The number of phenols is 1. The lowest BCUT2D eigenvalue weighted by Gasteiger charge is -2.10. The van der Waals surface area contributed by atoms with Crippen molar-refractivity contribution in [1.29, 1.82) is 5.41 Å². The SMILES string of the molecule is C=COc1ccc(O)c(C(=N)N=C(N)c2c(C)cccc2C)c1. The van der Waals surface area contributed by atoms with Crippen LogP contribution in [-0.4, -0.2) is 16.8 Å². The van der Waals surface area contributed by atoms with E-state index in [2.05, 4.69) is 11.6 Å². The Morgan fingerprint density at radius 3 is 2.52 bits per heavy atom. The normalized spacial score (nSPS) is 11.1. The van der Waals surface area contributed by atoms with Crippen LogP contribution < -0.4 is 10.5 Å². The van der Waals surface area contributed by atoms with E-state index in [9.17, 15) is 5.11 Å². The van der Waals surface area contributed by atoms with Crippen molar-refractivity contribution in [2.24, 2.45) is 10.7 Å². The topological polar surface area (TPSA) is 91.7 Å². The van der Waals surface area contributed by atoms with Crippen LogP contribution in [0.15, 0.2) is 54.2 Å². The van der Waals surface area contributed by atoms with Gasteiger partial charge in [0.2, 0.25) is 0 Å². The van der Waals surface area contributed by atoms with Crippen LogP contribution >= 0.6 is 0 Å². The zero-order valence-corrected chi connectivity index (χ0v) is 13.1. The quantitative estimate of drug-likeness (QED) is 0.460. The molecule has 2 rings (SSSR count). The number of phenolic OH excluding ortho intramolecular Hbond substituents is 1. The van der Waals surface area contributed by atoms with E-state index in [1.54, 1.807) is 6.07 Å². The number of nitrogens with zero attached hydrogens (tertiary/aromatic N) is 1. The van der Waals surface area contributed by atoms with Crippen molar-refractivity contribution in [1.82, 2.24) is 0 Å². The second kappa shape index (κ2) is 6.79. The minimum absolute atomic E-state index is 0.0653. The predicted octanol–water partition coefficient (Wildman–Crippen LogP) is 3.26. The van der Waals surface area contributed by atoms with Gasteiger partial charge in [-0.25, -0.2) is 4.99 Å². The summed E-state index contributed by atoms with van der Waals surface area (Å²) in [6.45, 7) is 7.34. The van der Waals surface area contributed by atoms with Crippen LogP contribution in [0.3, 0.4) is 0 Å². The fraction of sp³-hybridized carbons (Fsp3) is 0.111. The third-order valence-corrected chi connectivity index (χ3v) is 3.41. The minimum Gasteiger partial charge on any atom is -0.507 e. The Morgan fingerprint density at radius 2 is 1.91 bits per heavy atom. The van der Waals surface area contributed by atoms with Gasteiger partial charge in [0.1, 0.15) is 17.3 Å². The summed E-state index contributed by atoms with van der Waals surface area (Å²) in [6, 6.07) is 10.3. The molecular formula is C18H19N3O2. The van der Waals surface area contributed by atoms with Gasteiger partial charge in [0.25, 0.3) is 0 Å². The maximum atomic E-state index is 9.93. The Hall–Kier alpha value is -3.08. The fourth-order valence-electron chi connectivity index (χ4n) is 2.33. The van der Waals surface area contributed by atoms with E-state index in [0.717, 1.165) is 16.7 Å². The van der Waals surface area contributed by atoms with Gasteiger partial charge in [0, 0.05) is 5.56 Å². The lowest BCUT2D eigenvalue weighted by Crippen LogP contribution is -2.18. The van der Waals surface area contributed by atoms with Gasteiger partial charge >= 0.3 is 0 Å². The molecule has 5 nitrogen and oxygen atoms in total. The number of ether oxygens (including phenoxy) is 1. The highest BCUT2D eigenvalue weighted by Gasteiger charge is 2.12. The summed E-state index contributed by atoms with van der Waals surface area (Å²) in [7, 11) is 0. The van der Waals surface area contributed by atoms with E-state index in [1.165, 1.54) is 18.4 Å². The molecule has 0 saturated heterocycles. The number of aromatic hydroxyl groups is 1. The lowest BCUT2D eigenvalue weighted by molar-refractivity contribution is 0.463. The van der Waals surface area contributed by atoms with Gasteiger partial charge in [-0.15, -0.1) is 0 Å². The fourth-order valence-corrected chi connectivity index (χ4v) is 2.33. The summed E-state index contributed by atoms with van der Waals surface area (Å²) in [5.74, 6) is 0.486. The van der Waals surface area contributed by atoms with Crippen molar-refractivity contribution in [3.63, 3.8) is 0 Å². The largest absolute Gasteiger partial charge is 0.507 e. The Balaban J connectivity index is 2.41. The van der Waals surface area contributed by atoms with Crippen molar-refractivity contribution < 1.29 is 9.84 Å². The highest BCUT2D eigenvalue weighted by molar-refractivity contribution is 6.11. The highest BCUT2D eigenvalue weighted by atomic mass is 16.5. The first-order valence-electron chi connectivity index (χ1n) is 7.04. The number of aliphatic imine (C=N–C) groups is 1. The van der Waals surface area contributed by atoms with Crippen LogP contribution in [0.5, 0.6) is 11.5 Å². The van der Waals surface area contributed by atoms with Gasteiger partial charge in [-0.1, -0.05) is 24.8 Å². The summed E-state index contributed by atoms with van der Waals surface area (Å²) in [6.07, 6.45) is 1.27. The Kier molecular flexibility index (Phi) is 4.81. The molecule has 0 radical (unpaired) electrons. The number of benzene rings is 2. The summed E-state index contributed by atoms with van der Waals surface area (Å²) in [5, 5.41) is 18.0. The first kappa shape index (κ1) is 16.3. The standard InChI is InChI=1S/C18H19N3O2/c1-4-23-13-8-9-15(22)14(10-13)17(19)21-18(20)16-11(2)6-5-7-12(16)3/h4-10,22H,1H2,2-3H3,(H3,19,20,21). The number of nitrogens with two attached hydrogens (primary N) is 1. The average molecular weight is 309 g/mol. The molecule has 0 unspecified atom stereocenters. The van der Waals surface area contributed by atoms with Crippen molar-refractivity contribution in [2.45, 2.75) is 13.8 Å². The van der Waals surface area contributed by atoms with Gasteiger partial charge in [0.15, 0.2) is 5.84 Å². The van der Waals surface area contributed by atoms with Crippen molar-refractivity contribution in [2.75, 3.05) is 0 Å². The molecule has 0 bridgehead atoms. The third-order valence-electron chi connectivity index (χ3n) is 3.41. The number of rotatable bonds is 4. The van der Waals surface area contributed by atoms with Crippen LogP contribution in [-0.2, 0) is 0 Å². The lowest BCUT2D eigenvalue weighted by atomic mass is 10.0. The molecule has 0 spiro atoms. The molecule has 0 fully saturated rings. The van der Waals surface area contributed by atoms with E-state index in [4.69, 9.17) is 15.9 Å². The number of hydrogen-bond donors (Lipinski definition) is 3. The van der Waals surface area contributed by atoms with E-state index < -0.39 is 0 Å². The highest BCUT2D eigenvalue weighted by Crippen LogP contribution is 2.24. The van der Waals surface area contributed by atoms with Gasteiger partial charge in [-0.3, -0.25) is 5.41 Å². The molecule has 0 aliphatic rings. The van der Waals surface area contributed by atoms with Crippen molar-refractivity contribution in [3.05, 3.63) is 71.5 Å². The minimum atomic E-state index is -0.142. The van der Waals surface area contributed by atoms with E-state index in [-0.39, 0.29) is 23.0 Å². The molecule has 0 heterocycles. The molecule has 118 valence electrons. The summed E-state index contributed by atoms with van der Waals surface area (Å²) < 4.78 is 5.16. The maximum absolute atomic E-state index is 9.93. The van der Waals surface area contributed by atoms with Crippen LogP contribution in [0.2, 0.25) is 0 Å². The summed E-state index contributed by atoms with van der Waals surface area (Å²) >= 11 is 0. The summed E-state index contributed by atoms with van der Waals surface area (Å²) in [5.41, 5.74) is 9.06. The number of amidine groups is 2. The second-order valence-corrected chi connectivity index (χ2v) is 5.08. The van der Waals surface area contributed by atoms with Crippen molar-refractivity contribution >= 4 is 11.7 Å². The zero-order valence-electron chi connectivity index (χ0n) is 13.1. The monoisotopic (exact) mass is 309 g/mol. The van der Waals surface area contributed by atoms with Gasteiger partial charge in [-0.05, 0) is 43.2 Å². The molecule has 0 aliphatic carbocycles. The molecule has 23 heavy (non-hydrogen) atoms. The van der Waals surface area contributed by atoms with Crippen LogP contribution in [0.25, 0.3) is 0 Å². The summed E-state index contributed by atoms with van der Waals surface area (Å²) in [4.78, 5) is 4.14. The predicted molar refractivity (Wildman–Crippen MR) is 92.4 cm³/mol. The first-order valence-corrected chi connectivity index (χ1v) is 7.04. The van der Waals surface area contributed by atoms with Crippen LogP contribution in [0.1, 0.15) is 22.3 Å². The van der Waals surface area contributed by atoms with Crippen molar-refractivity contribution in [3.8, 4) is 11.5 Å². The van der Waals surface area contributed by atoms with Crippen LogP contribution in [0.4, 0.5) is 0 Å². The molecule has 0 saturated carbocycles. The number of aryl methyl sites for hydroxylation is 2. The van der Waals surface area contributed by atoms with E-state index >= 15 is 0 Å². The Bertz CT molecular complexity index is 775. The van der Waals surface area contributed by atoms with Gasteiger partial charge < -0.3 is 15.6 Å². The molecule has 0 atom stereocenters. The molecular weight excluding hydrogens is 290 g/mol. The van der Waals surface area contributed by atoms with Gasteiger partial charge in [-0.2, -0.15) is 0 Å². The van der Waals surface area contributed by atoms with Gasteiger partial charge in [0.05, 0.1) is 11.8 Å². The average Bonchev–Trinajstić information content (AvgIpc) is 2.49.